The molecule has 6 unspecified atom stereocenters. The van der Waals surface area contributed by atoms with Crippen LogP contribution in [-0.4, -0.2) is 130 Å². The van der Waals surface area contributed by atoms with E-state index in [1.165, 1.54) is 578 Å². The van der Waals surface area contributed by atoms with Crippen LogP contribution in [0.4, 0.5) is 0 Å². The van der Waals surface area contributed by atoms with Crippen molar-refractivity contribution in [2.24, 2.45) is 0 Å². The molecular weight excluding hydrogens is 1750 g/mol. The first kappa shape index (κ1) is 146. The number of hydrogen-bond acceptors (Lipinski definition) is 10. The number of unbranched alkanes of at least 4 members (excludes halogenated alkanes) is 78. The lowest BCUT2D eigenvalue weighted by Crippen LogP contribution is -2.36. The lowest BCUT2D eigenvalue weighted by Gasteiger charge is -2.22. The highest BCUT2D eigenvalue weighted by Crippen LogP contribution is 2.27. The van der Waals surface area contributed by atoms with Crippen LogP contribution in [0, 0.1) is 0 Å². The summed E-state index contributed by atoms with van der Waals surface area (Å²) >= 11 is 0. The van der Waals surface area contributed by atoms with Gasteiger partial charge in [-0.25, -0.2) is 4.57 Å². The molecule has 0 radical (unpaired) electrons. The van der Waals surface area contributed by atoms with Gasteiger partial charge in [-0.15, -0.1) is 0 Å². The average molecular weight is 2010 g/mol. The van der Waals surface area contributed by atoms with Crippen LogP contribution in [0.5, 0.6) is 0 Å². The molecule has 0 aromatic rings. The second kappa shape index (κ2) is 133. The maximum atomic E-state index is 8.88. The normalized spacial score (nSPS) is 13.0. The summed E-state index contributed by atoms with van der Waals surface area (Å²) in [5.74, 6) is 0. The van der Waals surface area contributed by atoms with Gasteiger partial charge in [0.25, 0.3) is 0 Å². The molecule has 848 valence electrons. The Bertz CT molecular complexity index is 1800. The van der Waals surface area contributed by atoms with Gasteiger partial charge < -0.3 is 59.1 Å². The Morgan fingerprint density at radius 1 is 0.143 bits per heavy atom. The Balaban J connectivity index is -0.000000965. The van der Waals surface area contributed by atoms with Gasteiger partial charge in [0.2, 0.25) is 0 Å². The summed E-state index contributed by atoms with van der Waals surface area (Å²) < 4.78 is 46.4. The second-order valence-electron chi connectivity index (χ2n) is 43.8. The molecule has 0 aromatic heterocycles. The molecule has 0 bridgehead atoms. The standard InChI is InChI=1S/3C42H87NO2.H3O4P/c3*1-5-9-11-13-15-17-19-21-23-25-27-29-31-33-35-41(44-37-7-3)39-43-40-42(45-38-8-4)36-34-32-30-28-26-24-22-20-18-16-14-12-10-6-2;1-5(2,3)4/h3*41-43H,5-40H2,1-4H3;(H3,1,2,3,4). The van der Waals surface area contributed by atoms with Crippen molar-refractivity contribution >= 4 is 7.82 Å². The predicted octanol–water partition coefficient (Wildman–Crippen LogP) is 40.8. The fraction of sp³-hybridized carbons (Fsp3) is 1.00. The van der Waals surface area contributed by atoms with Crippen molar-refractivity contribution in [3.8, 4) is 0 Å². The maximum absolute atomic E-state index is 8.88. The monoisotopic (exact) mass is 2010 g/mol. The zero-order valence-electron chi connectivity index (χ0n) is 98.0. The fourth-order valence-electron chi connectivity index (χ4n) is 19.8. The molecule has 0 saturated heterocycles. The summed E-state index contributed by atoms with van der Waals surface area (Å²) in [6.07, 6.45) is 135. The van der Waals surface area contributed by atoms with Gasteiger partial charge >= 0.3 is 7.82 Å². The molecule has 0 saturated carbocycles. The van der Waals surface area contributed by atoms with Crippen molar-refractivity contribution in [2.45, 2.75) is 736 Å². The van der Waals surface area contributed by atoms with Gasteiger partial charge in [0.15, 0.2) is 0 Å². The number of phosphoric acid groups is 1. The molecule has 0 aliphatic heterocycles. The van der Waals surface area contributed by atoms with Crippen LogP contribution in [-0.2, 0) is 33.0 Å². The molecular formula is C126H264N3O10P. The number of hydrogen-bond donors (Lipinski definition) is 6. The van der Waals surface area contributed by atoms with Crippen LogP contribution in [0.15, 0.2) is 0 Å². The molecule has 6 atom stereocenters. The van der Waals surface area contributed by atoms with E-state index in [2.05, 4.69) is 99.0 Å². The Hall–Kier alpha value is -0.250. The molecule has 0 aliphatic rings. The highest BCUT2D eigenvalue weighted by atomic mass is 31.2. The minimum Gasteiger partial charge on any atom is -0.377 e. The summed E-state index contributed by atoms with van der Waals surface area (Å²) in [5.41, 5.74) is 0. The molecule has 140 heavy (non-hydrogen) atoms. The third-order valence-electron chi connectivity index (χ3n) is 28.9. The number of nitrogens with one attached hydrogen (secondary N) is 3. The minimum atomic E-state index is -4.64. The molecule has 0 aliphatic carbocycles. The molecule has 6 N–H and O–H groups in total. The van der Waals surface area contributed by atoms with Gasteiger partial charge in [-0.05, 0) is 77.0 Å². The van der Waals surface area contributed by atoms with Crippen molar-refractivity contribution in [3.63, 3.8) is 0 Å². The molecule has 0 spiro atoms. The first-order valence-corrected chi connectivity index (χ1v) is 66.0. The number of ether oxygens (including phenoxy) is 6. The van der Waals surface area contributed by atoms with E-state index in [0.29, 0.717) is 36.6 Å². The summed E-state index contributed by atoms with van der Waals surface area (Å²) in [7, 11) is -4.64. The van der Waals surface area contributed by atoms with Gasteiger partial charge in [-0.3, -0.25) is 0 Å². The molecule has 0 heterocycles. The van der Waals surface area contributed by atoms with E-state index in [1.807, 2.05) is 0 Å². The highest BCUT2D eigenvalue weighted by Gasteiger charge is 2.18. The minimum absolute atomic E-state index is 0.357. The fourth-order valence-corrected chi connectivity index (χ4v) is 19.8. The summed E-state index contributed by atoms with van der Waals surface area (Å²) in [4.78, 5) is 21.6. The van der Waals surface area contributed by atoms with Crippen LogP contribution in [0.1, 0.15) is 699 Å². The van der Waals surface area contributed by atoms with E-state index in [1.54, 1.807) is 0 Å². The van der Waals surface area contributed by atoms with Crippen LogP contribution in [0.25, 0.3) is 0 Å². The Kier molecular flexibility index (Phi) is 139. The van der Waals surface area contributed by atoms with E-state index < -0.39 is 7.82 Å². The van der Waals surface area contributed by atoms with E-state index in [0.717, 1.165) is 117 Å². The topological polar surface area (TPSA) is 169 Å². The second-order valence-corrected chi connectivity index (χ2v) is 44.8. The van der Waals surface area contributed by atoms with Crippen molar-refractivity contribution in [1.29, 1.82) is 0 Å². The molecule has 14 heteroatoms. The third kappa shape index (κ3) is 136. The van der Waals surface area contributed by atoms with Crippen LogP contribution >= 0.6 is 7.82 Å². The van der Waals surface area contributed by atoms with Crippen molar-refractivity contribution < 1.29 is 47.7 Å². The lowest BCUT2D eigenvalue weighted by atomic mass is 10.0. The summed E-state index contributed by atoms with van der Waals surface area (Å²) in [6, 6.07) is 0. The van der Waals surface area contributed by atoms with Gasteiger partial charge in [0, 0.05) is 78.9 Å². The van der Waals surface area contributed by atoms with Crippen LogP contribution < -0.4 is 16.0 Å². The lowest BCUT2D eigenvalue weighted by molar-refractivity contribution is 0.0288. The van der Waals surface area contributed by atoms with Gasteiger partial charge in [-0.2, -0.15) is 0 Å². The van der Waals surface area contributed by atoms with Gasteiger partial charge in [-0.1, -0.05) is 622 Å². The average Bonchev–Trinajstić information content (AvgIpc) is 0.968. The van der Waals surface area contributed by atoms with E-state index >= 15 is 0 Å². The highest BCUT2D eigenvalue weighted by molar-refractivity contribution is 7.45. The van der Waals surface area contributed by atoms with Gasteiger partial charge in [0.05, 0.1) is 36.6 Å². The first-order valence-electron chi connectivity index (χ1n) is 64.4. The molecule has 13 nitrogen and oxygen atoms in total. The van der Waals surface area contributed by atoms with Crippen molar-refractivity contribution in [2.75, 3.05) is 78.9 Å². The van der Waals surface area contributed by atoms with Crippen molar-refractivity contribution in [1.82, 2.24) is 16.0 Å². The smallest absolute Gasteiger partial charge is 0.377 e. The zero-order valence-corrected chi connectivity index (χ0v) is 98.9. The maximum Gasteiger partial charge on any atom is 0.466 e. The summed E-state index contributed by atoms with van der Waals surface area (Å²) in [5, 5.41) is 11.3. The Morgan fingerprint density at radius 3 is 0.300 bits per heavy atom. The number of rotatable bonds is 120. The Morgan fingerprint density at radius 2 is 0.221 bits per heavy atom. The molecule has 0 amide bonds. The van der Waals surface area contributed by atoms with Crippen molar-refractivity contribution in [3.05, 3.63) is 0 Å². The first-order chi connectivity index (χ1) is 68.8. The van der Waals surface area contributed by atoms with Crippen LogP contribution in [0.2, 0.25) is 0 Å². The zero-order chi connectivity index (χ0) is 103. The third-order valence-corrected chi connectivity index (χ3v) is 28.9. The largest absolute Gasteiger partial charge is 0.466 e. The predicted molar refractivity (Wildman–Crippen MR) is 623 cm³/mol. The van der Waals surface area contributed by atoms with E-state index in [-0.39, 0.29) is 0 Å². The van der Waals surface area contributed by atoms with E-state index in [9.17, 15) is 0 Å². The molecule has 0 fully saturated rings. The molecule has 0 rings (SSSR count). The molecule has 0 aromatic carbocycles. The summed E-state index contributed by atoms with van der Waals surface area (Å²) in [6.45, 7) is 38.4. The SMILES string of the molecule is CCCCCCCCCCCCCCCCC(CNCC(CCCCCCCCCCCCCCCC)OCCC)OCCC.CCCCCCCCCCCCCCCCC(CNCC(CCCCCCCCCCCCCCCC)OCCC)OCCC.CCCCCCCCCCCCCCCCC(CNCC(CCCCCCCCCCCCCCCC)OCCC)OCCC.O=P(O)(O)O. The van der Waals surface area contributed by atoms with E-state index in [4.69, 9.17) is 47.7 Å². The quantitative estimate of drug-likeness (QED) is 0.0252. The Labute approximate surface area is 881 Å². The van der Waals surface area contributed by atoms with Gasteiger partial charge in [0.1, 0.15) is 0 Å². The van der Waals surface area contributed by atoms with Crippen LogP contribution in [0.3, 0.4) is 0 Å².